The predicted octanol–water partition coefficient (Wildman–Crippen LogP) is 19.3. The molecule has 14 heteroatoms. The molecule has 14 nitrogen and oxygen atoms in total. The second kappa shape index (κ2) is 125. The topological polar surface area (TPSA) is 179 Å². The van der Waals surface area contributed by atoms with Crippen molar-refractivity contribution < 1.29 is 61.9 Å². The summed E-state index contributed by atoms with van der Waals surface area (Å²) in [6.07, 6.45) is 43.6. The molecule has 0 aromatic carbocycles. The molecular weight excluding hydrogens is 1100 g/mol. The highest BCUT2D eigenvalue weighted by atomic mass is 16.5. The van der Waals surface area contributed by atoms with Crippen molar-refractivity contribution in [2.75, 3.05) is 96.0 Å². The Hall–Kier alpha value is -2.72. The molecule has 0 bridgehead atoms. The van der Waals surface area contributed by atoms with Crippen LogP contribution >= 0.6 is 0 Å². The number of hydrogen-bond donors (Lipinski definition) is 1. The summed E-state index contributed by atoms with van der Waals surface area (Å²) in [6, 6.07) is 0.319. The maximum atomic E-state index is 9.93. The molecule has 0 aromatic rings. The molecule has 0 radical (unpaired) electrons. The first-order valence-electron chi connectivity index (χ1n) is 34.7. The van der Waals surface area contributed by atoms with E-state index in [2.05, 4.69) is 85.5 Å². The van der Waals surface area contributed by atoms with Crippen molar-refractivity contribution in [3.63, 3.8) is 0 Å². The van der Waals surface area contributed by atoms with Gasteiger partial charge in [0.2, 0.25) is 0 Å². The quantitative estimate of drug-likeness (QED) is 0.0345. The van der Waals surface area contributed by atoms with Gasteiger partial charge in [0.15, 0.2) is 0 Å². The summed E-state index contributed by atoms with van der Waals surface area (Å²) >= 11 is 0. The summed E-state index contributed by atoms with van der Waals surface area (Å²) in [7, 11) is 12.4. The molecule has 0 aliphatic rings. The molecule has 0 saturated carbocycles. The minimum atomic E-state index is -0.0764. The fourth-order valence-corrected chi connectivity index (χ4v) is 7.56. The maximum absolute atomic E-state index is 9.93. The van der Waals surface area contributed by atoms with Crippen molar-refractivity contribution in [2.24, 2.45) is 23.7 Å². The first-order chi connectivity index (χ1) is 42.4. The maximum Gasteiger partial charge on any atom is 0.293 e. The molecule has 0 aliphatic heterocycles. The van der Waals surface area contributed by atoms with Gasteiger partial charge in [-0.1, -0.05) is 237 Å². The fourth-order valence-electron chi connectivity index (χ4n) is 7.56. The molecule has 2 atom stereocenters. The molecule has 87 heavy (non-hydrogen) atoms. The summed E-state index contributed by atoms with van der Waals surface area (Å²) in [5.74, 6) is 1.79. The molecule has 0 spiro atoms. The minimum Gasteiger partial charge on any atom is -0.468 e. The van der Waals surface area contributed by atoms with E-state index in [4.69, 9.17) is 28.4 Å². The van der Waals surface area contributed by atoms with Crippen molar-refractivity contribution in [1.82, 2.24) is 5.32 Å². The highest BCUT2D eigenvalue weighted by Gasteiger charge is 2.14. The fraction of sp³-hybridized carbons (Fsp3) is 0.890. The molecule has 2 unspecified atom stereocenters. The molecule has 0 fully saturated rings. The van der Waals surface area contributed by atoms with E-state index in [-0.39, 0.29) is 11.8 Å². The average molecular weight is 1260 g/mol. The predicted molar refractivity (Wildman–Crippen MR) is 377 cm³/mol. The van der Waals surface area contributed by atoms with Crippen LogP contribution in [0.5, 0.6) is 0 Å². The van der Waals surface area contributed by atoms with E-state index in [1.807, 2.05) is 27.8 Å². The number of rotatable bonds is 51. The number of nitrogens with one attached hydrogen (secondary N) is 1. The van der Waals surface area contributed by atoms with Gasteiger partial charge in [0.1, 0.15) is 31.4 Å². The van der Waals surface area contributed by atoms with Crippen LogP contribution < -0.4 is 5.32 Å². The zero-order valence-corrected chi connectivity index (χ0v) is 61.6. The van der Waals surface area contributed by atoms with Crippen LogP contribution in [0.4, 0.5) is 0 Å². The molecular formula is C73H155NO13. The highest BCUT2D eigenvalue weighted by Crippen LogP contribution is 2.20. The summed E-state index contributed by atoms with van der Waals surface area (Å²) in [5.41, 5.74) is 0. The molecule has 0 amide bonds. The number of carbonyl (C=O) groups is 6. The number of hydrogen-bond acceptors (Lipinski definition) is 14. The third-order valence-corrected chi connectivity index (χ3v) is 13.1. The molecule has 0 aliphatic carbocycles. The van der Waals surface area contributed by atoms with Crippen LogP contribution in [0.15, 0.2) is 13.2 Å². The second-order valence-electron chi connectivity index (χ2n) is 21.2. The number of likely N-dealkylation sites (N-methyl/N-ethyl adjacent to an activating group) is 1. The van der Waals surface area contributed by atoms with E-state index < -0.39 is 0 Å². The van der Waals surface area contributed by atoms with Gasteiger partial charge in [-0.25, -0.2) is 0 Å². The van der Waals surface area contributed by atoms with Crippen molar-refractivity contribution in [2.45, 2.75) is 307 Å². The lowest BCUT2D eigenvalue weighted by Gasteiger charge is -2.21. The van der Waals surface area contributed by atoms with E-state index in [1.54, 1.807) is 42.7 Å². The standard InChI is InChI=1S/C10H22O.C9H18O2.3C9H20O.C7H10O3.C7H12O2.C6H15NO2.C3H8.C2H6.C2H4/c1-5-7-10(8-11-4)9(3)6-2;1-2-3-4-5-6-7-8-11-9-10;3*1-3-4-5-6-7-8-9-10-2;8-4-1-7(2-5-9)3-6-10;1-2-7(3-5-8)4-6-9;1-7-6(4-8-2)5-9-3;1-3-2;2*1-2/h9-10H,5-8H2,1-4H3;9H,2-8H2,1H3;3*3-9H2,1-2H3;4-7H,1-3H2;5-7H,2-4H2,1H3;6-7H,4-5H2,1-3H3;3H2,1-2H3;1-2H3;1-2H2. The first kappa shape index (κ1) is 109. The summed E-state index contributed by atoms with van der Waals surface area (Å²) in [4.78, 5) is 59.4. The van der Waals surface area contributed by atoms with Crippen molar-refractivity contribution >= 4 is 37.9 Å². The Kier molecular flexibility index (Phi) is 156. The van der Waals surface area contributed by atoms with E-state index in [0.29, 0.717) is 64.4 Å². The Bertz CT molecular complexity index is 999. The molecule has 0 rings (SSSR count). The van der Waals surface area contributed by atoms with Gasteiger partial charge < -0.3 is 62.4 Å². The second-order valence-corrected chi connectivity index (χ2v) is 21.2. The smallest absolute Gasteiger partial charge is 0.293 e. The Morgan fingerprint density at radius 3 is 0.862 bits per heavy atom. The van der Waals surface area contributed by atoms with Crippen LogP contribution in [0.2, 0.25) is 0 Å². The zero-order valence-electron chi connectivity index (χ0n) is 61.6. The van der Waals surface area contributed by atoms with Crippen LogP contribution in [-0.4, -0.2) is 140 Å². The number of ether oxygens (including phenoxy) is 7. The third-order valence-electron chi connectivity index (χ3n) is 13.1. The molecule has 0 aromatic heterocycles. The van der Waals surface area contributed by atoms with Gasteiger partial charge in [-0.3, -0.25) is 4.79 Å². The summed E-state index contributed by atoms with van der Waals surface area (Å²) in [5, 5.41) is 3.05. The number of unbranched alkanes of at least 4 members (excludes halogenated alkanes) is 20. The third kappa shape index (κ3) is 137. The van der Waals surface area contributed by atoms with Crippen molar-refractivity contribution in [3.8, 4) is 0 Å². The number of carbonyl (C=O) groups excluding carboxylic acids is 6. The van der Waals surface area contributed by atoms with Gasteiger partial charge >= 0.3 is 0 Å². The number of aldehydes is 5. The average Bonchev–Trinajstić information content (AvgIpc) is 3.58. The molecule has 0 saturated heterocycles. The Morgan fingerprint density at radius 2 is 0.644 bits per heavy atom. The SMILES string of the molecule is C=C.CC.CCC.CCC(CC=O)CC=O.CCCC(COC)C(C)CC.CCCCCCCCOC.CCCCCCCCOC.CCCCCCCCOC.CCCCCCCCOC=O.CNC(COC)COC.O=CCC(CC=O)CC=O. The lowest BCUT2D eigenvalue weighted by Crippen LogP contribution is -2.34. The van der Waals surface area contributed by atoms with Crippen LogP contribution in [0.25, 0.3) is 0 Å². The van der Waals surface area contributed by atoms with Gasteiger partial charge in [-0.2, -0.15) is 0 Å². The summed E-state index contributed by atoms with van der Waals surface area (Å²) < 4.78 is 34.4. The largest absolute Gasteiger partial charge is 0.468 e. The first-order valence-corrected chi connectivity index (χ1v) is 34.7. The summed E-state index contributed by atoms with van der Waals surface area (Å²) in [6.45, 7) is 38.2. The Morgan fingerprint density at radius 1 is 0.368 bits per heavy atom. The van der Waals surface area contributed by atoms with Crippen molar-refractivity contribution in [1.29, 1.82) is 0 Å². The van der Waals surface area contributed by atoms with Crippen molar-refractivity contribution in [3.05, 3.63) is 13.2 Å². The Labute approximate surface area is 543 Å². The van der Waals surface area contributed by atoms with E-state index >= 15 is 0 Å². The normalized spacial score (nSPS) is 10.3. The van der Waals surface area contributed by atoms with Crippen LogP contribution in [-0.2, 0) is 61.9 Å². The van der Waals surface area contributed by atoms with Gasteiger partial charge in [0.25, 0.3) is 6.47 Å². The molecule has 530 valence electrons. The van der Waals surface area contributed by atoms with Gasteiger partial charge in [0, 0.05) is 101 Å². The van der Waals surface area contributed by atoms with E-state index in [1.165, 1.54) is 173 Å². The van der Waals surface area contributed by atoms with Gasteiger partial charge in [-0.15, -0.1) is 13.2 Å². The monoisotopic (exact) mass is 1250 g/mol. The highest BCUT2D eigenvalue weighted by molar-refractivity contribution is 5.58. The van der Waals surface area contributed by atoms with Gasteiger partial charge in [0.05, 0.1) is 25.9 Å². The lowest BCUT2D eigenvalue weighted by atomic mass is 9.89. The minimum absolute atomic E-state index is 0.0764. The van der Waals surface area contributed by atoms with Gasteiger partial charge in [-0.05, 0) is 62.8 Å². The Balaban J connectivity index is -0.0000000830. The molecule has 0 heterocycles. The van der Waals surface area contributed by atoms with E-state index in [9.17, 15) is 28.8 Å². The molecule has 1 N–H and O–H groups in total. The van der Waals surface area contributed by atoms with Crippen LogP contribution in [0, 0.1) is 23.7 Å². The van der Waals surface area contributed by atoms with Crippen LogP contribution in [0.3, 0.4) is 0 Å². The van der Waals surface area contributed by atoms with E-state index in [0.717, 1.165) is 82.5 Å². The number of methoxy groups -OCH3 is 6. The van der Waals surface area contributed by atoms with Crippen LogP contribution in [0.1, 0.15) is 301 Å². The zero-order chi connectivity index (χ0) is 68.8. The lowest BCUT2D eigenvalue weighted by molar-refractivity contribution is -0.129.